The molecule has 0 bridgehead atoms. The fourth-order valence-electron chi connectivity index (χ4n) is 2.27. The van der Waals surface area contributed by atoms with E-state index >= 15 is 0 Å². The molecule has 0 amide bonds. The molecule has 1 N–H and O–H groups in total. The molecule has 4 nitrogen and oxygen atoms in total. The van der Waals surface area contributed by atoms with Crippen LogP contribution >= 0.6 is 0 Å². The summed E-state index contributed by atoms with van der Waals surface area (Å²) in [5.41, 5.74) is 0.302. The van der Waals surface area contributed by atoms with Crippen molar-refractivity contribution in [3.63, 3.8) is 0 Å². The predicted octanol–water partition coefficient (Wildman–Crippen LogP) is 1.40. The van der Waals surface area contributed by atoms with Crippen LogP contribution in [0.1, 0.15) is 25.3 Å². The Kier molecular flexibility index (Phi) is 3.77. The van der Waals surface area contributed by atoms with Gasteiger partial charge >= 0.3 is 5.97 Å². The maximum absolute atomic E-state index is 11.6. The van der Waals surface area contributed by atoms with Gasteiger partial charge in [-0.2, -0.15) is 0 Å². The number of esters is 1. The summed E-state index contributed by atoms with van der Waals surface area (Å²) in [5, 5.41) is 3.24. The van der Waals surface area contributed by atoms with Crippen LogP contribution in [-0.2, 0) is 19.9 Å². The second-order valence-corrected chi connectivity index (χ2v) is 4.56. The lowest BCUT2D eigenvalue weighted by Gasteiger charge is -2.37. The number of ketones is 1. The zero-order chi connectivity index (χ0) is 13.0. The molecule has 2 rings (SSSR count). The molecular weight excluding hydrogens is 230 g/mol. The molecule has 96 valence electrons. The van der Waals surface area contributed by atoms with Gasteiger partial charge in [-0.3, -0.25) is 4.79 Å². The highest BCUT2D eigenvalue weighted by Gasteiger charge is 2.38. The minimum Gasteiger partial charge on any atom is -0.448 e. The van der Waals surface area contributed by atoms with Crippen LogP contribution in [0, 0.1) is 0 Å². The number of ether oxygens (including phenoxy) is 1. The van der Waals surface area contributed by atoms with Gasteiger partial charge in [-0.25, -0.2) is 4.79 Å². The number of hydrogen-bond acceptors (Lipinski definition) is 4. The Morgan fingerprint density at radius 3 is 2.33 bits per heavy atom. The van der Waals surface area contributed by atoms with Crippen LogP contribution < -0.4 is 5.32 Å². The molecule has 1 heterocycles. The summed E-state index contributed by atoms with van der Waals surface area (Å²) in [6.45, 7) is 2.79. The first kappa shape index (κ1) is 12.8. The molecule has 0 radical (unpaired) electrons. The number of carbonyl (C=O) groups is 2. The summed E-state index contributed by atoms with van der Waals surface area (Å²) in [4.78, 5) is 22.7. The molecular formula is C14H17NO3. The van der Waals surface area contributed by atoms with Crippen LogP contribution in [0.4, 0.5) is 0 Å². The van der Waals surface area contributed by atoms with Gasteiger partial charge in [-0.05, 0) is 18.7 Å². The smallest absolute Gasteiger partial charge is 0.375 e. The fraction of sp³-hybridized carbons (Fsp3) is 0.429. The van der Waals surface area contributed by atoms with E-state index in [2.05, 4.69) is 5.32 Å². The van der Waals surface area contributed by atoms with Crippen molar-refractivity contribution in [1.82, 2.24) is 5.32 Å². The Morgan fingerprint density at radius 1 is 1.17 bits per heavy atom. The lowest BCUT2D eigenvalue weighted by molar-refractivity contribution is -0.169. The Balaban J connectivity index is 2.29. The number of rotatable bonds is 3. The van der Waals surface area contributed by atoms with Gasteiger partial charge in [0.25, 0.3) is 0 Å². The first-order chi connectivity index (χ1) is 8.64. The minimum atomic E-state index is -0.749. The van der Waals surface area contributed by atoms with Crippen molar-refractivity contribution in [2.24, 2.45) is 0 Å². The van der Waals surface area contributed by atoms with Gasteiger partial charge in [-0.15, -0.1) is 0 Å². The molecule has 1 aliphatic rings. The molecule has 1 saturated heterocycles. The molecule has 0 saturated carbocycles. The molecule has 0 aliphatic carbocycles. The van der Waals surface area contributed by atoms with Crippen LogP contribution in [-0.4, -0.2) is 24.8 Å². The van der Waals surface area contributed by atoms with Crippen molar-refractivity contribution in [2.45, 2.75) is 25.4 Å². The van der Waals surface area contributed by atoms with E-state index in [4.69, 9.17) is 4.74 Å². The number of nitrogens with one attached hydrogen (secondary N) is 1. The molecule has 18 heavy (non-hydrogen) atoms. The van der Waals surface area contributed by atoms with Crippen molar-refractivity contribution in [3.05, 3.63) is 35.9 Å². The summed E-state index contributed by atoms with van der Waals surface area (Å²) in [7, 11) is 0. The highest BCUT2D eigenvalue weighted by atomic mass is 16.6. The lowest BCUT2D eigenvalue weighted by atomic mass is 9.85. The van der Waals surface area contributed by atoms with Crippen molar-refractivity contribution < 1.29 is 14.3 Å². The molecule has 4 heteroatoms. The molecule has 0 spiro atoms. The summed E-state index contributed by atoms with van der Waals surface area (Å²) >= 11 is 0. The van der Waals surface area contributed by atoms with E-state index in [0.717, 1.165) is 18.7 Å². The van der Waals surface area contributed by atoms with E-state index in [1.807, 2.05) is 30.3 Å². The van der Waals surface area contributed by atoms with Gasteiger partial charge in [0.15, 0.2) is 0 Å². The highest BCUT2D eigenvalue weighted by Crippen LogP contribution is 2.34. The van der Waals surface area contributed by atoms with Crippen molar-refractivity contribution >= 4 is 11.8 Å². The van der Waals surface area contributed by atoms with Gasteiger partial charge in [-0.1, -0.05) is 30.3 Å². The van der Waals surface area contributed by atoms with Crippen molar-refractivity contribution in [1.29, 1.82) is 0 Å². The largest absolute Gasteiger partial charge is 0.448 e. The number of carbonyl (C=O) groups excluding carboxylic acids is 2. The molecule has 1 aliphatic heterocycles. The molecule has 0 atom stereocenters. The Bertz CT molecular complexity index is 436. The zero-order valence-electron chi connectivity index (χ0n) is 10.4. The summed E-state index contributed by atoms with van der Waals surface area (Å²) in [6, 6.07) is 9.64. The second kappa shape index (κ2) is 5.31. The van der Waals surface area contributed by atoms with Crippen LogP contribution in [0.5, 0.6) is 0 Å². The van der Waals surface area contributed by atoms with Crippen LogP contribution in [0.25, 0.3) is 0 Å². The van der Waals surface area contributed by atoms with E-state index in [1.54, 1.807) is 0 Å². The number of hydrogen-bond donors (Lipinski definition) is 1. The van der Waals surface area contributed by atoms with Crippen LogP contribution in [0.15, 0.2) is 30.3 Å². The SMILES string of the molecule is CC(=O)C(=O)OC1(c2ccccc2)CCNCC1. The number of benzene rings is 1. The molecule has 1 aromatic rings. The standard InChI is InChI=1S/C14H17NO3/c1-11(16)13(17)18-14(7-9-15-10-8-14)12-5-3-2-4-6-12/h2-6,15H,7-10H2,1H3. The first-order valence-corrected chi connectivity index (χ1v) is 6.14. The Morgan fingerprint density at radius 2 is 1.78 bits per heavy atom. The third-order valence-corrected chi connectivity index (χ3v) is 3.29. The van der Waals surface area contributed by atoms with E-state index in [1.165, 1.54) is 6.92 Å². The van der Waals surface area contributed by atoms with Crippen molar-refractivity contribution in [2.75, 3.05) is 13.1 Å². The van der Waals surface area contributed by atoms with Gasteiger partial charge in [0.1, 0.15) is 5.60 Å². The third-order valence-electron chi connectivity index (χ3n) is 3.29. The lowest BCUT2D eigenvalue weighted by Crippen LogP contribution is -2.44. The molecule has 1 aromatic carbocycles. The number of Topliss-reactive ketones (excluding diaryl/α,β-unsaturated/α-hetero) is 1. The van der Waals surface area contributed by atoms with Gasteiger partial charge in [0.2, 0.25) is 5.78 Å². The van der Waals surface area contributed by atoms with E-state index in [-0.39, 0.29) is 0 Å². The topological polar surface area (TPSA) is 55.4 Å². The van der Waals surface area contributed by atoms with Crippen LogP contribution in [0.2, 0.25) is 0 Å². The Hall–Kier alpha value is -1.68. The monoisotopic (exact) mass is 247 g/mol. The van der Waals surface area contributed by atoms with Crippen molar-refractivity contribution in [3.8, 4) is 0 Å². The molecule has 0 aromatic heterocycles. The maximum Gasteiger partial charge on any atom is 0.375 e. The Labute approximate surface area is 106 Å². The summed E-state index contributed by atoms with van der Waals surface area (Å²) in [5.74, 6) is -1.30. The summed E-state index contributed by atoms with van der Waals surface area (Å²) < 4.78 is 5.50. The summed E-state index contributed by atoms with van der Waals surface area (Å²) in [6.07, 6.45) is 1.38. The molecule has 1 fully saturated rings. The average molecular weight is 247 g/mol. The predicted molar refractivity (Wildman–Crippen MR) is 67.0 cm³/mol. The average Bonchev–Trinajstić information content (AvgIpc) is 2.40. The fourth-order valence-corrected chi connectivity index (χ4v) is 2.27. The first-order valence-electron chi connectivity index (χ1n) is 6.14. The van der Waals surface area contributed by atoms with E-state index in [9.17, 15) is 9.59 Å². The zero-order valence-corrected chi connectivity index (χ0v) is 10.4. The van der Waals surface area contributed by atoms with Crippen LogP contribution in [0.3, 0.4) is 0 Å². The van der Waals surface area contributed by atoms with E-state index < -0.39 is 17.4 Å². The van der Waals surface area contributed by atoms with E-state index in [0.29, 0.717) is 12.8 Å². The van der Waals surface area contributed by atoms with Gasteiger partial charge < -0.3 is 10.1 Å². The third kappa shape index (κ3) is 2.59. The molecule has 0 unspecified atom stereocenters. The minimum absolute atomic E-state index is 0.552. The quantitative estimate of drug-likeness (QED) is 0.648. The second-order valence-electron chi connectivity index (χ2n) is 4.56. The van der Waals surface area contributed by atoms with Gasteiger partial charge in [0.05, 0.1) is 0 Å². The maximum atomic E-state index is 11.6. The normalized spacial score (nSPS) is 18.1. The van der Waals surface area contributed by atoms with Gasteiger partial charge in [0, 0.05) is 19.8 Å². The number of piperidine rings is 1. The highest BCUT2D eigenvalue weighted by molar-refractivity contribution is 6.32.